The highest BCUT2D eigenvalue weighted by Crippen LogP contribution is 2.12. The van der Waals surface area contributed by atoms with Gasteiger partial charge in [-0.3, -0.25) is 4.79 Å². The summed E-state index contributed by atoms with van der Waals surface area (Å²) < 4.78 is 11.1. The lowest BCUT2D eigenvalue weighted by Gasteiger charge is -2.15. The van der Waals surface area contributed by atoms with Crippen LogP contribution in [0, 0.1) is 0 Å². The number of rotatable bonds is 33. The first-order chi connectivity index (χ1) is 21.2. The van der Waals surface area contributed by atoms with Crippen LogP contribution in [0.1, 0.15) is 168 Å². The first kappa shape index (κ1) is 41.4. The van der Waals surface area contributed by atoms with Crippen LogP contribution in [-0.4, -0.2) is 37.0 Å². The van der Waals surface area contributed by atoms with E-state index in [1.807, 2.05) is 0 Å². The highest BCUT2D eigenvalue weighted by atomic mass is 16.6. The molecule has 0 bridgehead atoms. The van der Waals surface area contributed by atoms with Crippen LogP contribution in [0.5, 0.6) is 0 Å². The van der Waals surface area contributed by atoms with Gasteiger partial charge in [-0.15, -0.1) is 0 Å². The van der Waals surface area contributed by atoms with Crippen molar-refractivity contribution < 1.29 is 19.4 Å². The van der Waals surface area contributed by atoms with E-state index in [1.54, 1.807) is 0 Å². The van der Waals surface area contributed by atoms with Crippen molar-refractivity contribution in [3.8, 4) is 0 Å². The Labute approximate surface area is 267 Å². The van der Waals surface area contributed by atoms with Crippen molar-refractivity contribution in [3.63, 3.8) is 0 Å². The van der Waals surface area contributed by atoms with Crippen molar-refractivity contribution >= 4 is 5.97 Å². The van der Waals surface area contributed by atoms with Gasteiger partial charge in [0.2, 0.25) is 0 Å². The van der Waals surface area contributed by atoms with Gasteiger partial charge in [0.15, 0.2) is 0 Å². The van der Waals surface area contributed by atoms with E-state index in [0.717, 1.165) is 38.5 Å². The van der Waals surface area contributed by atoms with Gasteiger partial charge in [0.1, 0.15) is 6.10 Å². The number of esters is 1. The zero-order valence-electron chi connectivity index (χ0n) is 28.5. The molecular formula is C39H70O4. The van der Waals surface area contributed by atoms with Gasteiger partial charge in [0.05, 0.1) is 13.2 Å². The van der Waals surface area contributed by atoms with E-state index in [1.165, 1.54) is 109 Å². The summed E-state index contributed by atoms with van der Waals surface area (Å²) in [5, 5.41) is 9.55. The molecule has 4 nitrogen and oxygen atoms in total. The second-order valence-electron chi connectivity index (χ2n) is 11.9. The third kappa shape index (κ3) is 34.7. The minimum Gasteiger partial charge on any atom is -0.457 e. The van der Waals surface area contributed by atoms with E-state index < -0.39 is 6.10 Å². The normalized spacial score (nSPS) is 12.9. The van der Waals surface area contributed by atoms with Crippen LogP contribution in [0.15, 0.2) is 48.6 Å². The van der Waals surface area contributed by atoms with E-state index in [-0.39, 0.29) is 19.2 Å². The molecule has 0 fully saturated rings. The summed E-state index contributed by atoms with van der Waals surface area (Å²) in [6.45, 7) is 5.20. The van der Waals surface area contributed by atoms with Gasteiger partial charge < -0.3 is 14.6 Å². The van der Waals surface area contributed by atoms with Crippen LogP contribution in [0.4, 0.5) is 0 Å². The van der Waals surface area contributed by atoms with Gasteiger partial charge in [-0.05, 0) is 70.6 Å². The summed E-state index contributed by atoms with van der Waals surface area (Å²) in [4.78, 5) is 12.1. The fraction of sp³-hybridized carbons (Fsp3) is 0.769. The Morgan fingerprint density at radius 2 is 1.05 bits per heavy atom. The molecule has 0 amide bonds. The molecule has 1 N–H and O–H groups in total. The molecule has 0 aromatic carbocycles. The molecule has 0 heterocycles. The number of aliphatic hydroxyl groups excluding tert-OH is 1. The molecule has 1 unspecified atom stereocenters. The molecule has 0 radical (unpaired) electrons. The molecule has 0 aromatic heterocycles. The number of carbonyl (C=O) groups is 1. The zero-order chi connectivity index (χ0) is 31.3. The third-order valence-corrected chi connectivity index (χ3v) is 7.64. The molecule has 0 aliphatic rings. The average molecular weight is 603 g/mol. The fourth-order valence-corrected chi connectivity index (χ4v) is 4.92. The summed E-state index contributed by atoms with van der Waals surface area (Å²) in [5.74, 6) is -0.215. The highest BCUT2D eigenvalue weighted by molar-refractivity contribution is 5.69. The Hall–Kier alpha value is -1.65. The molecule has 1 atom stereocenters. The van der Waals surface area contributed by atoms with Crippen LogP contribution in [0.25, 0.3) is 0 Å². The van der Waals surface area contributed by atoms with Crippen LogP contribution in [0.2, 0.25) is 0 Å². The van der Waals surface area contributed by atoms with Crippen molar-refractivity contribution in [3.05, 3.63) is 48.6 Å². The van der Waals surface area contributed by atoms with Crippen molar-refractivity contribution in [1.29, 1.82) is 0 Å². The summed E-state index contributed by atoms with van der Waals surface area (Å²) in [6, 6.07) is 0. The van der Waals surface area contributed by atoms with E-state index in [2.05, 4.69) is 62.5 Å². The van der Waals surface area contributed by atoms with Gasteiger partial charge in [0, 0.05) is 13.0 Å². The number of carbonyl (C=O) groups excluding carboxylic acids is 1. The molecule has 0 aromatic rings. The van der Waals surface area contributed by atoms with Gasteiger partial charge >= 0.3 is 5.97 Å². The second kappa shape index (κ2) is 36.5. The highest BCUT2D eigenvalue weighted by Gasteiger charge is 2.13. The number of allylic oxidation sites excluding steroid dienone is 8. The van der Waals surface area contributed by atoms with Crippen LogP contribution in [0.3, 0.4) is 0 Å². The molecule has 0 aliphatic carbocycles. The maximum Gasteiger partial charge on any atom is 0.306 e. The summed E-state index contributed by atoms with van der Waals surface area (Å²) in [7, 11) is 0. The lowest BCUT2D eigenvalue weighted by atomic mass is 10.1. The second-order valence-corrected chi connectivity index (χ2v) is 11.9. The van der Waals surface area contributed by atoms with E-state index in [4.69, 9.17) is 9.47 Å². The SMILES string of the molecule is CC/C=C\C/C=C\C/C=C\CCCCCCCCCC(=O)OC(CO)COCCCCCCCC/C=C\CCCCCC. The molecule has 4 heteroatoms. The average Bonchev–Trinajstić information content (AvgIpc) is 3.01. The van der Waals surface area contributed by atoms with Crippen molar-refractivity contribution in [2.24, 2.45) is 0 Å². The van der Waals surface area contributed by atoms with Crippen LogP contribution >= 0.6 is 0 Å². The lowest BCUT2D eigenvalue weighted by molar-refractivity contribution is -0.154. The third-order valence-electron chi connectivity index (χ3n) is 7.64. The smallest absolute Gasteiger partial charge is 0.306 e. The predicted molar refractivity (Wildman–Crippen MR) is 187 cm³/mol. The van der Waals surface area contributed by atoms with E-state index in [9.17, 15) is 9.90 Å². The lowest BCUT2D eigenvalue weighted by Crippen LogP contribution is -2.27. The number of unbranched alkanes of at least 4 members (excludes halogenated alkanes) is 17. The molecule has 0 aliphatic heterocycles. The minimum absolute atomic E-state index is 0.179. The van der Waals surface area contributed by atoms with Crippen LogP contribution < -0.4 is 0 Å². The van der Waals surface area contributed by atoms with Gasteiger partial charge in [-0.2, -0.15) is 0 Å². The van der Waals surface area contributed by atoms with E-state index >= 15 is 0 Å². The molecular weight excluding hydrogens is 532 g/mol. The molecule has 0 saturated carbocycles. The number of hydrogen-bond donors (Lipinski definition) is 1. The fourth-order valence-electron chi connectivity index (χ4n) is 4.92. The summed E-state index contributed by atoms with van der Waals surface area (Å²) >= 11 is 0. The van der Waals surface area contributed by atoms with Crippen molar-refractivity contribution in [2.75, 3.05) is 19.8 Å². The maximum atomic E-state index is 12.1. The standard InChI is InChI=1S/C39H70O4/c1-3-5-7-9-11-13-15-17-19-20-21-22-24-26-28-30-32-34-39(41)43-38(36-40)37-42-35-33-31-29-27-25-23-18-16-14-12-10-8-6-4-2/h5,7,11,13-14,16-17,19,38,40H,3-4,6,8-10,12,15,18,20-37H2,1-2H3/b7-5-,13-11-,16-14-,19-17-. The number of hydrogen-bond acceptors (Lipinski definition) is 4. The Balaban J connectivity index is 3.48. The largest absolute Gasteiger partial charge is 0.457 e. The maximum absolute atomic E-state index is 12.1. The monoisotopic (exact) mass is 603 g/mol. The molecule has 43 heavy (non-hydrogen) atoms. The summed E-state index contributed by atoms with van der Waals surface area (Å²) in [5.41, 5.74) is 0. The Bertz CT molecular complexity index is 679. The Kier molecular flexibility index (Phi) is 35.1. The molecule has 250 valence electrons. The topological polar surface area (TPSA) is 55.8 Å². The van der Waals surface area contributed by atoms with Gasteiger partial charge in [-0.25, -0.2) is 0 Å². The Morgan fingerprint density at radius 3 is 1.60 bits per heavy atom. The zero-order valence-corrected chi connectivity index (χ0v) is 28.5. The van der Waals surface area contributed by atoms with Crippen molar-refractivity contribution in [1.82, 2.24) is 0 Å². The van der Waals surface area contributed by atoms with E-state index in [0.29, 0.717) is 13.0 Å². The molecule has 0 rings (SSSR count). The van der Waals surface area contributed by atoms with Gasteiger partial charge in [0.25, 0.3) is 0 Å². The number of ether oxygens (including phenoxy) is 2. The summed E-state index contributed by atoms with van der Waals surface area (Å²) in [6.07, 6.45) is 45.7. The van der Waals surface area contributed by atoms with Gasteiger partial charge in [-0.1, -0.05) is 140 Å². The van der Waals surface area contributed by atoms with Crippen molar-refractivity contribution in [2.45, 2.75) is 174 Å². The Morgan fingerprint density at radius 1 is 0.581 bits per heavy atom. The first-order valence-corrected chi connectivity index (χ1v) is 18.2. The minimum atomic E-state index is -0.541. The predicted octanol–water partition coefficient (Wildman–Crippen LogP) is 11.5. The quantitative estimate of drug-likeness (QED) is 0.0461. The van der Waals surface area contributed by atoms with Crippen LogP contribution in [-0.2, 0) is 14.3 Å². The number of aliphatic hydroxyl groups is 1. The molecule has 0 spiro atoms. The first-order valence-electron chi connectivity index (χ1n) is 18.2. The molecule has 0 saturated heterocycles.